The van der Waals surface area contributed by atoms with Crippen molar-refractivity contribution < 1.29 is 8.42 Å². The van der Waals surface area contributed by atoms with Crippen molar-refractivity contribution in [1.29, 1.82) is 0 Å². The van der Waals surface area contributed by atoms with Gasteiger partial charge in [-0.15, -0.1) is 5.01 Å². The second-order valence-electron chi connectivity index (χ2n) is 4.06. The van der Waals surface area contributed by atoms with E-state index in [1.807, 2.05) is 6.07 Å². The molecule has 1 aromatic rings. The number of fused-ring (bicyclic) bond motifs is 1. The zero-order chi connectivity index (χ0) is 12.5. The van der Waals surface area contributed by atoms with Gasteiger partial charge in [-0.2, -0.15) is 11.5 Å². The van der Waals surface area contributed by atoms with Crippen molar-refractivity contribution in [3.63, 3.8) is 0 Å². The first-order chi connectivity index (χ1) is 7.99. The van der Waals surface area contributed by atoms with E-state index in [4.69, 9.17) is 6.57 Å². The van der Waals surface area contributed by atoms with E-state index in [1.54, 1.807) is 17.1 Å². The molecule has 0 aromatic heterocycles. The van der Waals surface area contributed by atoms with Gasteiger partial charge in [0.15, 0.2) is 0 Å². The topological polar surface area (TPSA) is 53.8 Å². The van der Waals surface area contributed by atoms with Crippen molar-refractivity contribution in [2.45, 2.75) is 13.0 Å². The van der Waals surface area contributed by atoms with Crippen LogP contribution in [0.3, 0.4) is 0 Å². The van der Waals surface area contributed by atoms with E-state index in [0.717, 1.165) is 17.4 Å². The SMILES string of the molecule is [C-]#[N+]N1CCc2c(cccc2NS(C)(=O)=O)C1. The number of hydrogen-bond donors (Lipinski definition) is 1. The fraction of sp³-hybridized carbons (Fsp3) is 0.364. The highest BCUT2D eigenvalue weighted by atomic mass is 32.2. The maximum absolute atomic E-state index is 11.2. The molecule has 0 bridgehead atoms. The zero-order valence-corrected chi connectivity index (χ0v) is 10.3. The normalized spacial score (nSPS) is 14.9. The molecule has 5 nitrogen and oxygen atoms in total. The Morgan fingerprint density at radius 1 is 1.47 bits per heavy atom. The van der Waals surface area contributed by atoms with Crippen LogP contribution in [0.25, 0.3) is 4.95 Å². The number of benzene rings is 1. The fourth-order valence-corrected chi connectivity index (χ4v) is 2.57. The number of rotatable bonds is 2. The standard InChI is InChI=1S/C11H13N3O2S/c1-12-14-7-6-10-9(8-14)4-3-5-11(10)13-17(2,15)16/h3-5,13H,6-8H2,2H3. The maximum Gasteiger partial charge on any atom is 0.229 e. The summed E-state index contributed by atoms with van der Waals surface area (Å²) in [7, 11) is -3.25. The maximum atomic E-state index is 11.2. The third-order valence-corrected chi connectivity index (χ3v) is 3.27. The van der Waals surface area contributed by atoms with Gasteiger partial charge in [0.1, 0.15) is 6.54 Å². The summed E-state index contributed by atoms with van der Waals surface area (Å²) in [6, 6.07) is 5.49. The Morgan fingerprint density at radius 2 is 2.24 bits per heavy atom. The van der Waals surface area contributed by atoms with Gasteiger partial charge in [0.2, 0.25) is 10.0 Å². The molecule has 0 aliphatic carbocycles. The lowest BCUT2D eigenvalue weighted by molar-refractivity contribution is 0.348. The van der Waals surface area contributed by atoms with Crippen LogP contribution in [-0.2, 0) is 23.0 Å². The monoisotopic (exact) mass is 251 g/mol. The molecular weight excluding hydrogens is 238 g/mol. The van der Waals surface area contributed by atoms with Gasteiger partial charge in [-0.1, -0.05) is 12.1 Å². The molecule has 17 heavy (non-hydrogen) atoms. The van der Waals surface area contributed by atoms with Crippen molar-refractivity contribution in [1.82, 2.24) is 5.01 Å². The molecule has 0 saturated carbocycles. The van der Waals surface area contributed by atoms with Gasteiger partial charge in [-0.05, 0) is 23.6 Å². The largest absolute Gasteiger partial charge is 0.283 e. The summed E-state index contributed by atoms with van der Waals surface area (Å²) >= 11 is 0. The molecule has 0 radical (unpaired) electrons. The van der Waals surface area contributed by atoms with Gasteiger partial charge in [0, 0.05) is 0 Å². The molecule has 1 aliphatic rings. The second kappa shape index (κ2) is 4.26. The third kappa shape index (κ3) is 2.68. The summed E-state index contributed by atoms with van der Waals surface area (Å²) < 4.78 is 25.0. The molecule has 0 saturated heterocycles. The molecule has 0 amide bonds. The van der Waals surface area contributed by atoms with Crippen LogP contribution >= 0.6 is 0 Å². The molecule has 1 N–H and O–H groups in total. The van der Waals surface area contributed by atoms with Crippen molar-refractivity contribution >= 4 is 15.7 Å². The first kappa shape index (κ1) is 11.7. The average Bonchev–Trinajstić information content (AvgIpc) is 2.26. The molecule has 6 heteroatoms. The lowest BCUT2D eigenvalue weighted by Gasteiger charge is -2.22. The molecule has 1 aromatic carbocycles. The van der Waals surface area contributed by atoms with Gasteiger partial charge < -0.3 is 0 Å². The lowest BCUT2D eigenvalue weighted by atomic mass is 9.99. The number of nitrogens with one attached hydrogen (secondary N) is 1. The quantitative estimate of drug-likeness (QED) is 0.805. The fourth-order valence-electron chi connectivity index (χ4n) is 1.98. The van der Waals surface area contributed by atoms with Gasteiger partial charge >= 0.3 is 0 Å². The molecule has 0 unspecified atom stereocenters. The lowest BCUT2D eigenvalue weighted by Crippen LogP contribution is -2.25. The summed E-state index contributed by atoms with van der Waals surface area (Å²) in [5.41, 5.74) is 2.65. The number of hydrogen-bond acceptors (Lipinski definition) is 3. The second-order valence-corrected chi connectivity index (χ2v) is 5.80. The van der Waals surface area contributed by atoms with Crippen molar-refractivity contribution in [2.24, 2.45) is 0 Å². The molecule has 0 fully saturated rings. The van der Waals surface area contributed by atoms with Gasteiger partial charge in [-0.3, -0.25) is 4.72 Å². The smallest absolute Gasteiger partial charge is 0.229 e. The van der Waals surface area contributed by atoms with E-state index in [2.05, 4.69) is 9.68 Å². The summed E-state index contributed by atoms with van der Waals surface area (Å²) in [4.78, 5) is 3.40. The van der Waals surface area contributed by atoms with Gasteiger partial charge in [0.05, 0.1) is 18.5 Å². The highest BCUT2D eigenvalue weighted by Gasteiger charge is 2.21. The Kier molecular flexibility index (Phi) is 2.94. The Bertz CT molecular complexity index is 575. The Morgan fingerprint density at radius 3 is 2.88 bits per heavy atom. The summed E-state index contributed by atoms with van der Waals surface area (Å²) in [5.74, 6) is 0. The van der Waals surface area contributed by atoms with Gasteiger partial charge in [0.25, 0.3) is 0 Å². The van der Waals surface area contributed by atoms with E-state index in [0.29, 0.717) is 25.2 Å². The molecule has 90 valence electrons. The summed E-state index contributed by atoms with van der Waals surface area (Å²) in [6.07, 6.45) is 1.83. The van der Waals surface area contributed by atoms with E-state index in [-0.39, 0.29) is 0 Å². The van der Waals surface area contributed by atoms with Crippen LogP contribution in [0.15, 0.2) is 18.2 Å². The highest BCUT2D eigenvalue weighted by molar-refractivity contribution is 7.92. The predicted molar refractivity (Wildman–Crippen MR) is 65.6 cm³/mol. The minimum absolute atomic E-state index is 0.554. The molecule has 1 aliphatic heterocycles. The minimum atomic E-state index is -3.25. The number of nitrogens with zero attached hydrogens (tertiary/aromatic N) is 2. The third-order valence-electron chi connectivity index (χ3n) is 2.68. The van der Waals surface area contributed by atoms with Crippen molar-refractivity contribution in [3.8, 4) is 0 Å². The molecule has 0 atom stereocenters. The van der Waals surface area contributed by atoms with Crippen LogP contribution in [0.1, 0.15) is 11.1 Å². The van der Waals surface area contributed by atoms with Crippen LogP contribution in [0, 0.1) is 6.57 Å². The van der Waals surface area contributed by atoms with Crippen LogP contribution in [0.5, 0.6) is 0 Å². The molecule has 2 rings (SSSR count). The van der Waals surface area contributed by atoms with Crippen LogP contribution < -0.4 is 4.72 Å². The van der Waals surface area contributed by atoms with Crippen LogP contribution in [0.4, 0.5) is 5.69 Å². The minimum Gasteiger partial charge on any atom is -0.283 e. The van der Waals surface area contributed by atoms with E-state index in [9.17, 15) is 8.42 Å². The first-order valence-corrected chi connectivity index (χ1v) is 7.09. The Labute approximate surface area is 101 Å². The van der Waals surface area contributed by atoms with E-state index < -0.39 is 10.0 Å². The molecule has 0 spiro atoms. The van der Waals surface area contributed by atoms with Crippen LogP contribution in [0.2, 0.25) is 0 Å². The van der Waals surface area contributed by atoms with Gasteiger partial charge in [-0.25, -0.2) is 8.42 Å². The zero-order valence-electron chi connectivity index (χ0n) is 9.47. The number of anilines is 1. The van der Waals surface area contributed by atoms with Crippen LogP contribution in [-0.4, -0.2) is 26.2 Å². The predicted octanol–water partition coefficient (Wildman–Crippen LogP) is 1.25. The van der Waals surface area contributed by atoms with Crippen molar-refractivity contribution in [3.05, 3.63) is 40.9 Å². The highest BCUT2D eigenvalue weighted by Crippen LogP contribution is 2.26. The average molecular weight is 251 g/mol. The molecular formula is C11H13N3O2S. The van der Waals surface area contributed by atoms with E-state index >= 15 is 0 Å². The van der Waals surface area contributed by atoms with E-state index in [1.165, 1.54) is 0 Å². The van der Waals surface area contributed by atoms with Crippen molar-refractivity contribution in [2.75, 3.05) is 17.5 Å². The number of sulfonamides is 1. The first-order valence-electron chi connectivity index (χ1n) is 5.20. The summed E-state index contributed by atoms with van der Waals surface area (Å²) in [5, 5.41) is 1.65. The molecule has 1 heterocycles. The Hall–Kier alpha value is -1.74. The Balaban J connectivity index is 2.36. The summed E-state index contributed by atoms with van der Waals surface area (Å²) in [6.45, 7) is 8.17.